The molecule has 1 aliphatic heterocycles. The summed E-state index contributed by atoms with van der Waals surface area (Å²) in [6, 6.07) is 8.17. The van der Waals surface area contributed by atoms with E-state index in [2.05, 4.69) is 22.5 Å². The Morgan fingerprint density at radius 1 is 1.23 bits per heavy atom. The van der Waals surface area contributed by atoms with Crippen molar-refractivity contribution >= 4 is 15.9 Å². The largest absolute Gasteiger partial charge is 0.379 e. The highest BCUT2D eigenvalue weighted by atomic mass is 32.2. The van der Waals surface area contributed by atoms with E-state index in [1.807, 2.05) is 12.1 Å². The van der Waals surface area contributed by atoms with Crippen LogP contribution in [0.2, 0.25) is 0 Å². The second-order valence-electron chi connectivity index (χ2n) is 7.89. The summed E-state index contributed by atoms with van der Waals surface area (Å²) in [5, 5.41) is 7.47. The molecule has 0 spiro atoms. The van der Waals surface area contributed by atoms with Gasteiger partial charge in [-0.3, -0.25) is 9.48 Å². The first-order valence-corrected chi connectivity index (χ1v) is 11.8. The molecule has 2 aromatic rings. The summed E-state index contributed by atoms with van der Waals surface area (Å²) in [5.74, 6) is -0.169. The van der Waals surface area contributed by atoms with E-state index in [-0.39, 0.29) is 23.4 Å². The number of ether oxygens (including phenoxy) is 1. The highest BCUT2D eigenvalue weighted by molar-refractivity contribution is 7.89. The van der Waals surface area contributed by atoms with E-state index in [1.165, 1.54) is 20.1 Å². The van der Waals surface area contributed by atoms with Gasteiger partial charge < -0.3 is 10.1 Å². The van der Waals surface area contributed by atoms with Crippen molar-refractivity contribution in [2.75, 3.05) is 26.3 Å². The van der Waals surface area contributed by atoms with Gasteiger partial charge in [-0.2, -0.15) is 9.40 Å². The molecule has 1 aromatic heterocycles. The van der Waals surface area contributed by atoms with Crippen molar-refractivity contribution in [2.24, 2.45) is 0 Å². The summed E-state index contributed by atoms with van der Waals surface area (Å²) in [6.07, 6.45) is 2.96. The molecule has 4 rings (SSSR count). The Bertz CT molecular complexity index is 1040. The van der Waals surface area contributed by atoms with E-state index < -0.39 is 10.0 Å². The molecule has 2 aliphatic rings. The fourth-order valence-corrected chi connectivity index (χ4v) is 6.18. The molecule has 2 heterocycles. The number of aryl methyl sites for hydroxylation is 2. The van der Waals surface area contributed by atoms with Crippen LogP contribution in [-0.2, 0) is 32.5 Å². The number of carbonyl (C=O) groups excluding carboxylic acids is 1. The first-order chi connectivity index (χ1) is 14.4. The van der Waals surface area contributed by atoms with Gasteiger partial charge in [-0.05, 0) is 44.2 Å². The van der Waals surface area contributed by atoms with Crippen LogP contribution >= 0.6 is 0 Å². The Morgan fingerprint density at radius 3 is 2.73 bits per heavy atom. The predicted octanol–water partition coefficient (Wildman–Crippen LogP) is 1.71. The van der Waals surface area contributed by atoms with Crippen molar-refractivity contribution in [3.05, 3.63) is 46.8 Å². The van der Waals surface area contributed by atoms with Crippen LogP contribution in [0.3, 0.4) is 0 Å². The SMILES string of the molecule is Cc1nn(CC(=O)NC2CCCc3ccccc32)c(C)c1S(=O)(=O)N1CCOCC1. The van der Waals surface area contributed by atoms with Gasteiger partial charge >= 0.3 is 0 Å². The molecule has 1 aliphatic carbocycles. The average molecular weight is 433 g/mol. The van der Waals surface area contributed by atoms with E-state index in [4.69, 9.17) is 4.74 Å². The fourth-order valence-electron chi connectivity index (χ4n) is 4.40. The topological polar surface area (TPSA) is 93.5 Å². The van der Waals surface area contributed by atoms with Gasteiger partial charge in [0.25, 0.3) is 0 Å². The number of amides is 1. The van der Waals surface area contributed by atoms with Crippen molar-refractivity contribution < 1.29 is 17.9 Å². The van der Waals surface area contributed by atoms with Gasteiger partial charge in [0.05, 0.1) is 30.6 Å². The predicted molar refractivity (Wildman–Crippen MR) is 112 cm³/mol. The lowest BCUT2D eigenvalue weighted by molar-refractivity contribution is -0.122. The number of rotatable bonds is 5. The number of fused-ring (bicyclic) bond motifs is 1. The summed E-state index contributed by atoms with van der Waals surface area (Å²) in [5.41, 5.74) is 3.34. The third kappa shape index (κ3) is 4.01. The Kier molecular flexibility index (Phi) is 5.95. The number of nitrogens with zero attached hydrogens (tertiary/aromatic N) is 3. The van der Waals surface area contributed by atoms with Crippen molar-refractivity contribution in [3.63, 3.8) is 0 Å². The molecule has 0 bridgehead atoms. The number of nitrogens with one attached hydrogen (secondary N) is 1. The maximum atomic E-state index is 13.1. The summed E-state index contributed by atoms with van der Waals surface area (Å²) in [4.78, 5) is 13.0. The van der Waals surface area contributed by atoms with Crippen LogP contribution < -0.4 is 5.32 Å². The molecule has 0 saturated carbocycles. The molecule has 1 fully saturated rings. The molecule has 1 atom stereocenters. The van der Waals surface area contributed by atoms with Gasteiger partial charge in [-0.15, -0.1) is 0 Å². The summed E-state index contributed by atoms with van der Waals surface area (Å²) < 4.78 is 34.4. The molecule has 30 heavy (non-hydrogen) atoms. The van der Waals surface area contributed by atoms with E-state index >= 15 is 0 Å². The molecular weight excluding hydrogens is 404 g/mol. The molecule has 1 saturated heterocycles. The maximum absolute atomic E-state index is 13.1. The second kappa shape index (κ2) is 8.49. The normalized spacial score (nSPS) is 20.0. The third-order valence-electron chi connectivity index (χ3n) is 5.88. The van der Waals surface area contributed by atoms with E-state index in [9.17, 15) is 13.2 Å². The zero-order valence-electron chi connectivity index (χ0n) is 17.4. The Hall–Kier alpha value is -2.23. The average Bonchev–Trinajstić information content (AvgIpc) is 3.02. The van der Waals surface area contributed by atoms with Gasteiger partial charge in [0.15, 0.2) is 0 Å². The van der Waals surface area contributed by atoms with Gasteiger partial charge in [-0.25, -0.2) is 8.42 Å². The van der Waals surface area contributed by atoms with Gasteiger partial charge in [0, 0.05) is 13.1 Å². The van der Waals surface area contributed by atoms with Crippen molar-refractivity contribution in [2.45, 2.75) is 50.6 Å². The molecule has 1 unspecified atom stereocenters. The van der Waals surface area contributed by atoms with Gasteiger partial charge in [0.2, 0.25) is 15.9 Å². The Balaban J connectivity index is 1.51. The number of aromatic nitrogens is 2. The first kappa shape index (κ1) is 21.0. The summed E-state index contributed by atoms with van der Waals surface area (Å²) >= 11 is 0. The molecular formula is C21H28N4O4S. The smallest absolute Gasteiger partial charge is 0.246 e. The third-order valence-corrected chi connectivity index (χ3v) is 8.03. The quantitative estimate of drug-likeness (QED) is 0.776. The zero-order chi connectivity index (χ0) is 21.3. The minimum Gasteiger partial charge on any atom is -0.379 e. The van der Waals surface area contributed by atoms with Crippen LogP contribution in [0.5, 0.6) is 0 Å². The second-order valence-corrected chi connectivity index (χ2v) is 9.76. The zero-order valence-corrected chi connectivity index (χ0v) is 18.2. The fraction of sp³-hybridized carbons (Fsp3) is 0.524. The molecule has 1 N–H and O–H groups in total. The van der Waals surface area contributed by atoms with E-state index in [0.717, 1.165) is 19.3 Å². The van der Waals surface area contributed by atoms with Crippen LogP contribution in [0.25, 0.3) is 0 Å². The van der Waals surface area contributed by atoms with Crippen LogP contribution in [0, 0.1) is 13.8 Å². The number of sulfonamides is 1. The van der Waals surface area contributed by atoms with E-state index in [1.54, 1.807) is 13.8 Å². The maximum Gasteiger partial charge on any atom is 0.246 e. The molecule has 9 heteroatoms. The lowest BCUT2D eigenvalue weighted by atomic mass is 9.88. The number of benzene rings is 1. The molecule has 0 radical (unpaired) electrons. The highest BCUT2D eigenvalue weighted by Gasteiger charge is 2.32. The first-order valence-electron chi connectivity index (χ1n) is 10.4. The summed E-state index contributed by atoms with van der Waals surface area (Å²) in [6.45, 7) is 4.79. The summed E-state index contributed by atoms with van der Waals surface area (Å²) in [7, 11) is -3.67. The van der Waals surface area contributed by atoms with Crippen molar-refractivity contribution in [1.29, 1.82) is 0 Å². The van der Waals surface area contributed by atoms with Crippen LogP contribution in [0.4, 0.5) is 0 Å². The van der Waals surface area contributed by atoms with Crippen molar-refractivity contribution in [1.82, 2.24) is 19.4 Å². The van der Waals surface area contributed by atoms with Gasteiger partial charge in [0.1, 0.15) is 11.4 Å². The number of carbonyl (C=O) groups is 1. The Labute approximate surface area is 177 Å². The number of hydrogen-bond donors (Lipinski definition) is 1. The minimum absolute atomic E-state index is 0.00995. The monoisotopic (exact) mass is 432 g/mol. The molecule has 8 nitrogen and oxygen atoms in total. The molecule has 1 aromatic carbocycles. The minimum atomic E-state index is -3.67. The number of hydrogen-bond acceptors (Lipinski definition) is 5. The van der Waals surface area contributed by atoms with Crippen LogP contribution in [-0.4, -0.2) is 54.7 Å². The van der Waals surface area contributed by atoms with Crippen LogP contribution in [0.15, 0.2) is 29.2 Å². The highest BCUT2D eigenvalue weighted by Crippen LogP contribution is 2.29. The Morgan fingerprint density at radius 2 is 1.97 bits per heavy atom. The molecule has 1 amide bonds. The lowest BCUT2D eigenvalue weighted by Gasteiger charge is -2.26. The van der Waals surface area contributed by atoms with Crippen LogP contribution in [0.1, 0.15) is 41.4 Å². The molecule has 162 valence electrons. The standard InChI is InChI=1S/C21H28N4O4S/c1-15-21(30(27,28)24-10-12-29-13-11-24)16(2)25(23-15)14-20(26)22-19-9-5-7-17-6-3-4-8-18(17)19/h3-4,6,8,19H,5,7,9-14H2,1-2H3,(H,22,26). The number of morpholine rings is 1. The van der Waals surface area contributed by atoms with Crippen molar-refractivity contribution in [3.8, 4) is 0 Å². The van der Waals surface area contributed by atoms with Gasteiger partial charge in [-0.1, -0.05) is 24.3 Å². The van der Waals surface area contributed by atoms with E-state index in [0.29, 0.717) is 37.7 Å². The lowest BCUT2D eigenvalue weighted by Crippen LogP contribution is -2.41.